The molecule has 0 aliphatic carbocycles. The number of nitrogens with zero attached hydrogens (tertiary/aromatic N) is 1. The molecule has 4 atom stereocenters. The average Bonchev–Trinajstić information content (AvgIpc) is 2.69. The molecule has 0 radical (unpaired) electrons. The van der Waals surface area contributed by atoms with Gasteiger partial charge in [-0.1, -0.05) is 12.5 Å². The van der Waals surface area contributed by atoms with Crippen LogP contribution in [0, 0.1) is 23.5 Å². The van der Waals surface area contributed by atoms with Crippen LogP contribution in [0.25, 0.3) is 0 Å². The predicted octanol–water partition coefficient (Wildman–Crippen LogP) is 2.48. The molecule has 0 spiro atoms. The Morgan fingerprint density at radius 1 is 1.19 bits per heavy atom. The van der Waals surface area contributed by atoms with E-state index >= 15 is 0 Å². The van der Waals surface area contributed by atoms with Crippen molar-refractivity contribution in [2.75, 3.05) is 26.2 Å². The number of nitrogens with one attached hydrogen (secondary N) is 2. The van der Waals surface area contributed by atoms with E-state index in [1.54, 1.807) is 6.07 Å². The Labute approximate surface area is 159 Å². The Kier molecular flexibility index (Phi) is 5.74. The lowest BCUT2D eigenvalue weighted by Crippen LogP contribution is -2.65. The SMILES string of the molecule is O=C(CCc1ccc(F)c(F)c1)NC[C@H]1[C@@H]2CNC[C@@H](C2)[C@@H]2CCCCN21. The zero-order chi connectivity index (χ0) is 18.8. The summed E-state index contributed by atoms with van der Waals surface area (Å²) in [4.78, 5) is 15.0. The Balaban J connectivity index is 1.31. The topological polar surface area (TPSA) is 44.4 Å². The summed E-state index contributed by atoms with van der Waals surface area (Å²) in [5, 5.41) is 6.70. The molecule has 148 valence electrons. The predicted molar refractivity (Wildman–Crippen MR) is 100 cm³/mol. The van der Waals surface area contributed by atoms with E-state index in [-0.39, 0.29) is 5.91 Å². The molecule has 3 saturated heterocycles. The number of rotatable bonds is 5. The van der Waals surface area contributed by atoms with Crippen molar-refractivity contribution in [3.8, 4) is 0 Å². The molecule has 1 amide bonds. The summed E-state index contributed by atoms with van der Waals surface area (Å²) < 4.78 is 26.3. The van der Waals surface area contributed by atoms with Gasteiger partial charge in [0.25, 0.3) is 0 Å². The highest BCUT2D eigenvalue weighted by atomic mass is 19.2. The standard InChI is InChI=1S/C21H29F2N3O/c22-17-6-4-14(9-18(17)23)5-7-21(27)25-13-20-16-10-15(11-24-12-16)19-3-1-2-8-26(19)20/h4,6,9,15-16,19-20,24H,1-3,5,7-8,10-13H2,(H,25,27)/t15-,16+,19+,20+/m1/s1. The summed E-state index contributed by atoms with van der Waals surface area (Å²) in [5.41, 5.74) is 0.650. The van der Waals surface area contributed by atoms with Crippen LogP contribution in [0.5, 0.6) is 0 Å². The van der Waals surface area contributed by atoms with Gasteiger partial charge in [-0.05, 0) is 74.8 Å². The Morgan fingerprint density at radius 2 is 2.04 bits per heavy atom. The monoisotopic (exact) mass is 377 g/mol. The minimum Gasteiger partial charge on any atom is -0.355 e. The largest absolute Gasteiger partial charge is 0.355 e. The van der Waals surface area contributed by atoms with Gasteiger partial charge in [0.2, 0.25) is 5.91 Å². The van der Waals surface area contributed by atoms with Crippen molar-refractivity contribution in [3.05, 3.63) is 35.4 Å². The highest BCUT2D eigenvalue weighted by molar-refractivity contribution is 5.76. The number of carbonyl (C=O) groups is 1. The summed E-state index contributed by atoms with van der Waals surface area (Å²) in [6.07, 6.45) is 5.84. The fraction of sp³-hybridized carbons (Fsp3) is 0.667. The van der Waals surface area contributed by atoms with Crippen molar-refractivity contribution in [2.45, 2.75) is 50.6 Å². The van der Waals surface area contributed by atoms with Crippen molar-refractivity contribution < 1.29 is 13.6 Å². The zero-order valence-corrected chi connectivity index (χ0v) is 15.7. The second kappa shape index (κ2) is 8.23. The fourth-order valence-corrected chi connectivity index (χ4v) is 5.31. The Hall–Kier alpha value is -1.53. The quantitative estimate of drug-likeness (QED) is 0.829. The van der Waals surface area contributed by atoms with Gasteiger partial charge in [-0.2, -0.15) is 0 Å². The lowest BCUT2D eigenvalue weighted by atomic mass is 9.73. The summed E-state index contributed by atoms with van der Waals surface area (Å²) >= 11 is 0. The molecular formula is C21H29F2N3O. The van der Waals surface area contributed by atoms with Crippen LogP contribution in [0.2, 0.25) is 0 Å². The third-order valence-electron chi connectivity index (χ3n) is 6.66. The molecule has 3 heterocycles. The van der Waals surface area contributed by atoms with Crippen molar-refractivity contribution in [3.63, 3.8) is 0 Å². The fourth-order valence-electron chi connectivity index (χ4n) is 5.31. The molecule has 0 saturated carbocycles. The third-order valence-corrected chi connectivity index (χ3v) is 6.66. The number of benzene rings is 1. The summed E-state index contributed by atoms with van der Waals surface area (Å²) in [7, 11) is 0. The first kappa shape index (κ1) is 18.8. The lowest BCUT2D eigenvalue weighted by Gasteiger charge is -2.55. The number of aryl methyl sites for hydroxylation is 1. The number of amides is 1. The maximum absolute atomic E-state index is 13.3. The van der Waals surface area contributed by atoms with Crippen LogP contribution < -0.4 is 10.6 Å². The average molecular weight is 377 g/mol. The summed E-state index contributed by atoms with van der Waals surface area (Å²) in [5.74, 6) is -0.366. The molecule has 27 heavy (non-hydrogen) atoms. The van der Waals surface area contributed by atoms with Gasteiger partial charge in [-0.25, -0.2) is 8.78 Å². The lowest BCUT2D eigenvalue weighted by molar-refractivity contribution is -0.122. The van der Waals surface area contributed by atoms with Gasteiger partial charge in [0.15, 0.2) is 11.6 Å². The van der Waals surface area contributed by atoms with Gasteiger partial charge in [0.1, 0.15) is 0 Å². The van der Waals surface area contributed by atoms with Crippen molar-refractivity contribution in [1.82, 2.24) is 15.5 Å². The smallest absolute Gasteiger partial charge is 0.220 e. The number of carbonyl (C=O) groups excluding carboxylic acids is 1. The Bertz CT molecular complexity index is 683. The highest BCUT2D eigenvalue weighted by Gasteiger charge is 2.45. The van der Waals surface area contributed by atoms with E-state index in [9.17, 15) is 13.6 Å². The molecule has 0 aromatic heterocycles. The van der Waals surface area contributed by atoms with Gasteiger partial charge in [-0.15, -0.1) is 0 Å². The summed E-state index contributed by atoms with van der Waals surface area (Å²) in [6, 6.07) is 4.90. The van der Waals surface area contributed by atoms with E-state index in [0.717, 1.165) is 31.6 Å². The molecular weight excluding hydrogens is 348 g/mol. The van der Waals surface area contributed by atoms with E-state index in [4.69, 9.17) is 0 Å². The molecule has 3 fully saturated rings. The van der Waals surface area contributed by atoms with Crippen LogP contribution in [-0.4, -0.2) is 49.1 Å². The van der Waals surface area contributed by atoms with Crippen LogP contribution in [-0.2, 0) is 11.2 Å². The van der Waals surface area contributed by atoms with Crippen LogP contribution in [0.1, 0.15) is 37.7 Å². The molecule has 3 aliphatic rings. The van der Waals surface area contributed by atoms with Crippen LogP contribution in [0.15, 0.2) is 18.2 Å². The molecule has 2 bridgehead atoms. The number of hydrogen-bond donors (Lipinski definition) is 2. The number of halogens is 2. The van der Waals surface area contributed by atoms with Gasteiger partial charge in [0.05, 0.1) is 0 Å². The van der Waals surface area contributed by atoms with E-state index in [2.05, 4.69) is 15.5 Å². The molecule has 4 rings (SSSR count). The molecule has 2 N–H and O–H groups in total. The van der Waals surface area contributed by atoms with E-state index in [1.165, 1.54) is 31.7 Å². The van der Waals surface area contributed by atoms with Gasteiger partial charge in [-0.3, -0.25) is 9.69 Å². The zero-order valence-electron chi connectivity index (χ0n) is 15.7. The van der Waals surface area contributed by atoms with E-state index < -0.39 is 11.6 Å². The number of hydrogen-bond acceptors (Lipinski definition) is 3. The second-order valence-electron chi connectivity index (χ2n) is 8.33. The third kappa shape index (κ3) is 4.16. The van der Waals surface area contributed by atoms with Crippen molar-refractivity contribution in [1.29, 1.82) is 0 Å². The van der Waals surface area contributed by atoms with Crippen molar-refractivity contribution >= 4 is 5.91 Å². The first-order valence-electron chi connectivity index (χ1n) is 10.3. The molecule has 3 aliphatic heterocycles. The first-order valence-corrected chi connectivity index (χ1v) is 10.3. The maximum atomic E-state index is 13.3. The van der Waals surface area contributed by atoms with Gasteiger partial charge in [0, 0.05) is 25.0 Å². The Morgan fingerprint density at radius 3 is 2.89 bits per heavy atom. The first-order chi connectivity index (χ1) is 13.1. The molecule has 1 aromatic rings. The number of fused-ring (bicyclic) bond motifs is 4. The normalized spacial score (nSPS) is 30.6. The van der Waals surface area contributed by atoms with Crippen LogP contribution in [0.4, 0.5) is 8.78 Å². The van der Waals surface area contributed by atoms with Crippen LogP contribution in [0.3, 0.4) is 0 Å². The molecule has 0 unspecified atom stereocenters. The number of piperidine rings is 3. The summed E-state index contributed by atoms with van der Waals surface area (Å²) in [6.45, 7) is 4.00. The van der Waals surface area contributed by atoms with Gasteiger partial charge >= 0.3 is 0 Å². The molecule has 1 aromatic carbocycles. The van der Waals surface area contributed by atoms with Gasteiger partial charge < -0.3 is 10.6 Å². The molecule has 4 nitrogen and oxygen atoms in total. The van der Waals surface area contributed by atoms with E-state index in [0.29, 0.717) is 43.0 Å². The van der Waals surface area contributed by atoms with Crippen molar-refractivity contribution in [2.24, 2.45) is 11.8 Å². The minimum atomic E-state index is -0.856. The minimum absolute atomic E-state index is 0.0146. The van der Waals surface area contributed by atoms with Crippen LogP contribution >= 0.6 is 0 Å². The highest BCUT2D eigenvalue weighted by Crippen LogP contribution is 2.38. The second-order valence-corrected chi connectivity index (χ2v) is 8.33. The maximum Gasteiger partial charge on any atom is 0.220 e. The van der Waals surface area contributed by atoms with E-state index in [1.807, 2.05) is 0 Å². The molecule has 6 heteroatoms.